The topological polar surface area (TPSA) is 15.8 Å². The number of para-hydroxylation sites is 1. The fourth-order valence-electron chi connectivity index (χ4n) is 2.50. The lowest BCUT2D eigenvalue weighted by Gasteiger charge is -2.25. The molecule has 0 aliphatic carbocycles. The van der Waals surface area contributed by atoms with Crippen LogP contribution in [0.25, 0.3) is 10.9 Å². The monoisotopic (exact) mass is 229 g/mol. The summed E-state index contributed by atoms with van der Waals surface area (Å²) < 4.78 is 0. The third-order valence-electron chi connectivity index (χ3n) is 3.87. The van der Waals surface area contributed by atoms with E-state index in [2.05, 4.69) is 63.9 Å². The van der Waals surface area contributed by atoms with Crippen molar-refractivity contribution in [3.8, 4) is 0 Å². The number of hydrogen-bond donors (Lipinski definition) is 1. The van der Waals surface area contributed by atoms with Crippen molar-refractivity contribution in [3.63, 3.8) is 0 Å². The van der Waals surface area contributed by atoms with Gasteiger partial charge in [-0.3, -0.25) is 0 Å². The van der Waals surface area contributed by atoms with Crippen molar-refractivity contribution in [1.29, 1.82) is 0 Å². The quantitative estimate of drug-likeness (QED) is 0.764. The van der Waals surface area contributed by atoms with Gasteiger partial charge in [0.2, 0.25) is 0 Å². The molecule has 1 nitrogen and oxygen atoms in total. The molecule has 0 unspecified atom stereocenters. The average molecular weight is 229 g/mol. The highest BCUT2D eigenvalue weighted by Gasteiger charge is 2.26. The summed E-state index contributed by atoms with van der Waals surface area (Å²) in [4.78, 5) is 3.60. The minimum Gasteiger partial charge on any atom is -0.358 e. The van der Waals surface area contributed by atoms with Crippen LogP contribution < -0.4 is 0 Å². The lowest BCUT2D eigenvalue weighted by Crippen LogP contribution is -2.17. The first-order valence-corrected chi connectivity index (χ1v) is 6.58. The molecule has 0 spiro atoms. The molecule has 0 saturated heterocycles. The molecule has 1 aromatic carbocycles. The Bertz CT molecular complexity index is 517. The molecule has 1 heteroatoms. The average Bonchev–Trinajstić information content (AvgIpc) is 2.69. The Labute approximate surface area is 104 Å². The fraction of sp³-hybridized carbons (Fsp3) is 0.500. The van der Waals surface area contributed by atoms with E-state index in [1.807, 2.05) is 0 Å². The number of nitrogens with one attached hydrogen (secondary N) is 1. The third kappa shape index (κ3) is 1.99. The van der Waals surface area contributed by atoms with Crippen molar-refractivity contribution < 1.29 is 0 Å². The van der Waals surface area contributed by atoms with Crippen LogP contribution in [0.1, 0.15) is 58.2 Å². The number of aromatic amines is 1. The van der Waals surface area contributed by atoms with E-state index in [4.69, 9.17) is 0 Å². The van der Waals surface area contributed by atoms with Gasteiger partial charge in [-0.2, -0.15) is 0 Å². The van der Waals surface area contributed by atoms with E-state index in [0.717, 1.165) is 6.42 Å². The van der Waals surface area contributed by atoms with Crippen LogP contribution in [0.4, 0.5) is 0 Å². The summed E-state index contributed by atoms with van der Waals surface area (Å²) in [6.07, 6.45) is 1.16. The second-order valence-electron chi connectivity index (χ2n) is 5.85. The molecule has 0 aliphatic rings. The third-order valence-corrected chi connectivity index (χ3v) is 3.87. The first kappa shape index (κ1) is 12.2. The predicted octanol–water partition coefficient (Wildman–Crippen LogP) is 4.98. The highest BCUT2D eigenvalue weighted by atomic mass is 14.7. The molecule has 1 aromatic heterocycles. The van der Waals surface area contributed by atoms with Gasteiger partial charge in [0.1, 0.15) is 0 Å². The van der Waals surface area contributed by atoms with Gasteiger partial charge in [-0.15, -0.1) is 0 Å². The van der Waals surface area contributed by atoms with Gasteiger partial charge in [0.25, 0.3) is 0 Å². The van der Waals surface area contributed by atoms with Crippen LogP contribution in [-0.4, -0.2) is 4.98 Å². The van der Waals surface area contributed by atoms with Crippen LogP contribution in [0.5, 0.6) is 0 Å². The van der Waals surface area contributed by atoms with Crippen molar-refractivity contribution in [3.05, 3.63) is 35.5 Å². The molecular formula is C16H23N. The number of rotatable bonds is 3. The maximum atomic E-state index is 3.60. The molecule has 1 heterocycles. The predicted molar refractivity (Wildman–Crippen MR) is 75.7 cm³/mol. The standard InChI is InChI=1S/C16H23N/c1-6-16(4,5)14-12-9-7-8-10-13(12)17-15(14)11(2)3/h7-11,17H,6H2,1-5H3. The summed E-state index contributed by atoms with van der Waals surface area (Å²) in [5.41, 5.74) is 4.41. The van der Waals surface area contributed by atoms with Crippen molar-refractivity contribution in [2.24, 2.45) is 0 Å². The Balaban J connectivity index is 2.77. The minimum atomic E-state index is 0.235. The van der Waals surface area contributed by atoms with E-state index < -0.39 is 0 Å². The van der Waals surface area contributed by atoms with Crippen LogP contribution in [0.3, 0.4) is 0 Å². The van der Waals surface area contributed by atoms with E-state index in [1.54, 1.807) is 0 Å². The summed E-state index contributed by atoms with van der Waals surface area (Å²) in [6, 6.07) is 8.65. The molecule has 17 heavy (non-hydrogen) atoms. The maximum absolute atomic E-state index is 3.60. The Hall–Kier alpha value is -1.24. The maximum Gasteiger partial charge on any atom is 0.0459 e. The lowest BCUT2D eigenvalue weighted by atomic mass is 9.79. The largest absolute Gasteiger partial charge is 0.358 e. The van der Waals surface area contributed by atoms with E-state index in [-0.39, 0.29) is 5.41 Å². The minimum absolute atomic E-state index is 0.235. The molecule has 0 radical (unpaired) electrons. The van der Waals surface area contributed by atoms with Crippen LogP contribution in [0.2, 0.25) is 0 Å². The molecule has 0 aliphatic heterocycles. The lowest BCUT2D eigenvalue weighted by molar-refractivity contribution is 0.502. The summed E-state index contributed by atoms with van der Waals surface area (Å²) in [6.45, 7) is 11.5. The molecular weight excluding hydrogens is 206 g/mol. The highest BCUT2D eigenvalue weighted by molar-refractivity contribution is 5.86. The number of hydrogen-bond acceptors (Lipinski definition) is 0. The van der Waals surface area contributed by atoms with Crippen molar-refractivity contribution in [2.75, 3.05) is 0 Å². The second-order valence-corrected chi connectivity index (χ2v) is 5.85. The Morgan fingerprint density at radius 2 is 1.82 bits per heavy atom. The normalized spacial score (nSPS) is 12.6. The first-order chi connectivity index (χ1) is 7.97. The van der Waals surface area contributed by atoms with E-state index in [0.29, 0.717) is 5.92 Å². The Morgan fingerprint density at radius 3 is 2.41 bits per heavy atom. The first-order valence-electron chi connectivity index (χ1n) is 6.58. The number of fused-ring (bicyclic) bond motifs is 1. The molecule has 1 N–H and O–H groups in total. The summed E-state index contributed by atoms with van der Waals surface area (Å²) in [5, 5.41) is 1.39. The smallest absolute Gasteiger partial charge is 0.0459 e. The Kier molecular flexibility index (Phi) is 3.03. The van der Waals surface area contributed by atoms with E-state index in [1.165, 1.54) is 22.2 Å². The number of H-pyrrole nitrogens is 1. The zero-order chi connectivity index (χ0) is 12.6. The van der Waals surface area contributed by atoms with Gasteiger partial charge >= 0.3 is 0 Å². The van der Waals surface area contributed by atoms with Gasteiger partial charge in [-0.25, -0.2) is 0 Å². The van der Waals surface area contributed by atoms with Crippen LogP contribution >= 0.6 is 0 Å². The molecule has 92 valence electrons. The van der Waals surface area contributed by atoms with Crippen LogP contribution in [-0.2, 0) is 5.41 Å². The molecule has 0 fully saturated rings. The Morgan fingerprint density at radius 1 is 1.18 bits per heavy atom. The molecule has 2 aromatic rings. The molecule has 0 amide bonds. The van der Waals surface area contributed by atoms with Gasteiger partial charge in [0.15, 0.2) is 0 Å². The van der Waals surface area contributed by atoms with Crippen molar-refractivity contribution >= 4 is 10.9 Å². The zero-order valence-electron chi connectivity index (χ0n) is 11.6. The molecule has 0 atom stereocenters. The molecule has 2 rings (SSSR count). The molecule has 0 bridgehead atoms. The number of benzene rings is 1. The van der Waals surface area contributed by atoms with E-state index in [9.17, 15) is 0 Å². The van der Waals surface area contributed by atoms with Gasteiger partial charge in [0, 0.05) is 16.6 Å². The highest BCUT2D eigenvalue weighted by Crippen LogP contribution is 2.38. The summed E-state index contributed by atoms with van der Waals surface area (Å²) in [5.74, 6) is 0.545. The van der Waals surface area contributed by atoms with E-state index >= 15 is 0 Å². The van der Waals surface area contributed by atoms with Crippen molar-refractivity contribution in [2.45, 2.75) is 52.4 Å². The van der Waals surface area contributed by atoms with Crippen molar-refractivity contribution in [1.82, 2.24) is 4.98 Å². The van der Waals surface area contributed by atoms with Gasteiger partial charge in [0.05, 0.1) is 0 Å². The second kappa shape index (κ2) is 4.21. The van der Waals surface area contributed by atoms with Gasteiger partial charge in [-0.05, 0) is 29.4 Å². The summed E-state index contributed by atoms with van der Waals surface area (Å²) >= 11 is 0. The zero-order valence-corrected chi connectivity index (χ0v) is 11.6. The van der Waals surface area contributed by atoms with Gasteiger partial charge < -0.3 is 4.98 Å². The summed E-state index contributed by atoms with van der Waals surface area (Å²) in [7, 11) is 0. The van der Waals surface area contributed by atoms with Crippen LogP contribution in [0, 0.1) is 0 Å². The molecule has 0 saturated carbocycles. The van der Waals surface area contributed by atoms with Gasteiger partial charge in [-0.1, -0.05) is 52.8 Å². The SMILES string of the molecule is CCC(C)(C)c1c(C(C)C)[nH]c2ccccc12. The fourth-order valence-corrected chi connectivity index (χ4v) is 2.50. The van der Waals surface area contributed by atoms with Crippen LogP contribution in [0.15, 0.2) is 24.3 Å². The number of aromatic nitrogens is 1.